The van der Waals surface area contributed by atoms with Crippen molar-refractivity contribution in [3.8, 4) is 22.6 Å². The summed E-state index contributed by atoms with van der Waals surface area (Å²) >= 11 is 6.04. The number of hydrogen-bond acceptors (Lipinski definition) is 8. The normalized spacial score (nSPS) is 16.0. The van der Waals surface area contributed by atoms with Crippen LogP contribution >= 0.6 is 11.6 Å². The highest BCUT2D eigenvalue weighted by Gasteiger charge is 2.29. The van der Waals surface area contributed by atoms with Gasteiger partial charge in [0.1, 0.15) is 5.82 Å². The molecule has 1 aliphatic rings. The van der Waals surface area contributed by atoms with Gasteiger partial charge in [-0.25, -0.2) is 18.4 Å². The van der Waals surface area contributed by atoms with Crippen LogP contribution in [-0.2, 0) is 10.0 Å². The van der Waals surface area contributed by atoms with Crippen molar-refractivity contribution in [3.63, 3.8) is 0 Å². The summed E-state index contributed by atoms with van der Waals surface area (Å²) in [6.07, 6.45) is 2.08. The van der Waals surface area contributed by atoms with E-state index in [-0.39, 0.29) is 13.1 Å². The minimum atomic E-state index is -3.66. The number of nitrogens with zero attached hydrogens (tertiary/aromatic N) is 5. The predicted octanol–water partition coefficient (Wildman–Crippen LogP) is 1.66. The third-order valence-corrected chi connectivity index (χ3v) is 7.55. The number of aliphatic hydroxyl groups excluding tert-OH is 2. The fourth-order valence-electron chi connectivity index (χ4n) is 3.59. The Morgan fingerprint density at radius 3 is 2.39 bits per heavy atom. The van der Waals surface area contributed by atoms with Crippen LogP contribution in [0.2, 0.25) is 5.02 Å². The van der Waals surface area contributed by atoms with Crippen molar-refractivity contribution in [3.05, 3.63) is 59.9 Å². The predicted molar refractivity (Wildman–Crippen MR) is 126 cm³/mol. The van der Waals surface area contributed by atoms with Crippen molar-refractivity contribution in [2.45, 2.75) is 6.10 Å². The lowest BCUT2D eigenvalue weighted by atomic mass is 10.1. The summed E-state index contributed by atoms with van der Waals surface area (Å²) in [6.45, 7) is 0.771. The first-order valence-electron chi connectivity index (χ1n) is 10.4. The number of rotatable bonds is 7. The second-order valence-electron chi connectivity index (χ2n) is 7.68. The summed E-state index contributed by atoms with van der Waals surface area (Å²) in [7, 11) is -3.66. The molecule has 3 heterocycles. The van der Waals surface area contributed by atoms with Crippen molar-refractivity contribution < 1.29 is 18.6 Å². The van der Waals surface area contributed by atoms with Gasteiger partial charge in [-0.3, -0.25) is 4.98 Å². The Balaban J connectivity index is 1.61. The average Bonchev–Trinajstić information content (AvgIpc) is 2.84. The van der Waals surface area contributed by atoms with E-state index in [2.05, 4.69) is 4.98 Å². The lowest BCUT2D eigenvalue weighted by Gasteiger charge is -2.35. The van der Waals surface area contributed by atoms with E-state index in [4.69, 9.17) is 26.7 Å². The quantitative estimate of drug-likeness (QED) is 0.514. The Hall–Kier alpha value is -2.63. The molecule has 1 saturated heterocycles. The molecule has 3 aromatic rings. The van der Waals surface area contributed by atoms with Gasteiger partial charge in [0, 0.05) is 60.8 Å². The molecule has 11 heteroatoms. The summed E-state index contributed by atoms with van der Waals surface area (Å²) in [5.74, 6) is 0.705. The molecule has 1 atom stereocenters. The van der Waals surface area contributed by atoms with Gasteiger partial charge < -0.3 is 15.1 Å². The molecule has 1 unspecified atom stereocenters. The maximum Gasteiger partial charge on any atom is 0.216 e. The van der Waals surface area contributed by atoms with Gasteiger partial charge in [0.25, 0.3) is 0 Å². The second-order valence-corrected chi connectivity index (χ2v) is 10.1. The Morgan fingerprint density at radius 2 is 1.76 bits per heavy atom. The number of pyridine rings is 1. The largest absolute Gasteiger partial charge is 0.394 e. The average molecular weight is 490 g/mol. The number of aliphatic hydroxyl groups is 2. The summed E-state index contributed by atoms with van der Waals surface area (Å²) in [6, 6.07) is 13.0. The minimum absolute atomic E-state index is 0.253. The van der Waals surface area contributed by atoms with Gasteiger partial charge in [0.2, 0.25) is 10.0 Å². The van der Waals surface area contributed by atoms with Crippen LogP contribution in [0.15, 0.2) is 54.9 Å². The summed E-state index contributed by atoms with van der Waals surface area (Å²) < 4.78 is 26.3. The molecule has 0 radical (unpaired) electrons. The number of hydrogen-bond donors (Lipinski definition) is 2. The van der Waals surface area contributed by atoms with Crippen LogP contribution in [0.5, 0.6) is 0 Å². The SMILES string of the molecule is O=S(=O)(CC(O)CO)N1CCN(c2cc(-c3ccc(Cl)cc3)nc(-c3cccnc3)n2)CC1. The van der Waals surface area contributed by atoms with E-state index in [1.54, 1.807) is 24.5 Å². The first kappa shape index (κ1) is 23.5. The van der Waals surface area contributed by atoms with Crippen LogP contribution in [0.25, 0.3) is 22.6 Å². The van der Waals surface area contributed by atoms with Crippen molar-refractivity contribution in [1.29, 1.82) is 0 Å². The van der Waals surface area contributed by atoms with Gasteiger partial charge in [0.15, 0.2) is 5.82 Å². The van der Waals surface area contributed by atoms with Crippen LogP contribution in [0, 0.1) is 0 Å². The molecule has 1 fully saturated rings. The second kappa shape index (κ2) is 10.1. The molecule has 174 valence electrons. The summed E-state index contributed by atoms with van der Waals surface area (Å²) in [5, 5.41) is 19.2. The van der Waals surface area contributed by atoms with E-state index < -0.39 is 28.5 Å². The molecule has 0 saturated carbocycles. The number of benzene rings is 1. The number of piperazine rings is 1. The van der Waals surface area contributed by atoms with E-state index in [0.717, 1.165) is 16.8 Å². The molecule has 2 N–H and O–H groups in total. The number of sulfonamides is 1. The minimum Gasteiger partial charge on any atom is -0.394 e. The molecule has 0 spiro atoms. The van der Waals surface area contributed by atoms with E-state index in [9.17, 15) is 13.5 Å². The first-order valence-corrected chi connectivity index (χ1v) is 12.4. The van der Waals surface area contributed by atoms with Crippen molar-refractivity contribution >= 4 is 27.4 Å². The molecular formula is C22H24ClN5O4S. The van der Waals surface area contributed by atoms with E-state index in [1.165, 1.54) is 4.31 Å². The third kappa shape index (κ3) is 5.66. The molecular weight excluding hydrogens is 466 g/mol. The summed E-state index contributed by atoms with van der Waals surface area (Å²) in [5.41, 5.74) is 2.37. The zero-order valence-electron chi connectivity index (χ0n) is 17.7. The lowest BCUT2D eigenvalue weighted by molar-refractivity contribution is 0.111. The van der Waals surface area contributed by atoms with Gasteiger partial charge in [-0.2, -0.15) is 4.31 Å². The maximum atomic E-state index is 12.5. The van der Waals surface area contributed by atoms with Gasteiger partial charge in [-0.05, 0) is 24.3 Å². The molecule has 33 heavy (non-hydrogen) atoms. The zero-order valence-corrected chi connectivity index (χ0v) is 19.3. The maximum absolute atomic E-state index is 12.5. The third-order valence-electron chi connectivity index (χ3n) is 5.34. The van der Waals surface area contributed by atoms with Crippen molar-refractivity contribution in [2.24, 2.45) is 0 Å². The Bertz CT molecular complexity index is 1190. The molecule has 9 nitrogen and oxygen atoms in total. The summed E-state index contributed by atoms with van der Waals surface area (Å²) in [4.78, 5) is 15.6. The van der Waals surface area contributed by atoms with Crippen LogP contribution in [0.3, 0.4) is 0 Å². The monoisotopic (exact) mass is 489 g/mol. The molecule has 0 aliphatic carbocycles. The van der Waals surface area contributed by atoms with Gasteiger partial charge in [-0.15, -0.1) is 0 Å². The fraction of sp³-hybridized carbons (Fsp3) is 0.318. The van der Waals surface area contributed by atoms with Gasteiger partial charge in [-0.1, -0.05) is 23.7 Å². The van der Waals surface area contributed by atoms with E-state index in [0.29, 0.717) is 29.8 Å². The van der Waals surface area contributed by atoms with Crippen molar-refractivity contribution in [2.75, 3.05) is 43.4 Å². The Labute approximate surface area is 197 Å². The van der Waals surface area contributed by atoms with Crippen molar-refractivity contribution in [1.82, 2.24) is 19.3 Å². The van der Waals surface area contributed by atoms with Crippen LogP contribution in [-0.4, -0.2) is 82.5 Å². The fourth-order valence-corrected chi connectivity index (χ4v) is 5.23. The van der Waals surface area contributed by atoms with Gasteiger partial charge in [0.05, 0.1) is 24.2 Å². The molecule has 0 bridgehead atoms. The Morgan fingerprint density at radius 1 is 1.03 bits per heavy atom. The van der Waals surface area contributed by atoms with Crippen LogP contribution in [0.4, 0.5) is 5.82 Å². The Kier molecular flexibility index (Phi) is 7.20. The zero-order chi connectivity index (χ0) is 23.4. The highest BCUT2D eigenvalue weighted by atomic mass is 35.5. The number of anilines is 1. The first-order chi connectivity index (χ1) is 15.9. The number of aromatic nitrogens is 3. The standard InChI is InChI=1S/C22H24ClN5O4S/c23-18-5-3-16(4-6-18)20-12-21(26-22(25-20)17-2-1-7-24-13-17)27-8-10-28(11-9-27)33(31,32)15-19(30)14-29/h1-7,12-13,19,29-30H,8-11,14-15H2. The highest BCUT2D eigenvalue weighted by Crippen LogP contribution is 2.27. The molecule has 1 aliphatic heterocycles. The smallest absolute Gasteiger partial charge is 0.216 e. The molecule has 4 rings (SSSR count). The van der Waals surface area contributed by atoms with E-state index >= 15 is 0 Å². The molecule has 2 aromatic heterocycles. The van der Waals surface area contributed by atoms with Crippen LogP contribution < -0.4 is 4.90 Å². The lowest BCUT2D eigenvalue weighted by Crippen LogP contribution is -2.50. The van der Waals surface area contributed by atoms with Crippen LogP contribution in [0.1, 0.15) is 0 Å². The van der Waals surface area contributed by atoms with E-state index in [1.807, 2.05) is 35.2 Å². The molecule has 0 amide bonds. The highest BCUT2D eigenvalue weighted by molar-refractivity contribution is 7.89. The topological polar surface area (TPSA) is 120 Å². The molecule has 1 aromatic carbocycles. The number of halogens is 1. The van der Waals surface area contributed by atoms with Gasteiger partial charge >= 0.3 is 0 Å².